The molecule has 0 saturated heterocycles. The second-order valence-corrected chi connectivity index (χ2v) is 7.63. The zero-order valence-corrected chi connectivity index (χ0v) is 17.8. The van der Waals surface area contributed by atoms with Gasteiger partial charge in [0.1, 0.15) is 11.8 Å². The average Bonchev–Trinajstić information content (AvgIpc) is 2.78. The molecule has 0 bridgehead atoms. The van der Waals surface area contributed by atoms with Gasteiger partial charge in [-0.15, -0.1) is 0 Å². The average molecular weight is 449 g/mol. The van der Waals surface area contributed by atoms with Crippen LogP contribution in [0.2, 0.25) is 0 Å². The number of rotatable bonds is 7. The van der Waals surface area contributed by atoms with E-state index >= 15 is 0 Å². The van der Waals surface area contributed by atoms with Gasteiger partial charge in [-0.05, 0) is 61.7 Å². The van der Waals surface area contributed by atoms with Gasteiger partial charge >= 0.3 is 12.1 Å². The van der Waals surface area contributed by atoms with Crippen molar-refractivity contribution in [3.05, 3.63) is 54.4 Å². The Labute approximate surface area is 184 Å². The van der Waals surface area contributed by atoms with Crippen LogP contribution in [-0.2, 0) is 9.59 Å². The van der Waals surface area contributed by atoms with Crippen molar-refractivity contribution in [3.63, 3.8) is 0 Å². The quantitative estimate of drug-likeness (QED) is 0.673. The molecular formula is C23H26F3N3O3. The van der Waals surface area contributed by atoms with Crippen molar-refractivity contribution < 1.29 is 27.5 Å². The van der Waals surface area contributed by atoms with E-state index in [0.717, 1.165) is 32.1 Å². The van der Waals surface area contributed by atoms with Gasteiger partial charge in [0.05, 0.1) is 6.61 Å². The maximum absolute atomic E-state index is 13.6. The van der Waals surface area contributed by atoms with Crippen LogP contribution in [0.25, 0.3) is 0 Å². The monoisotopic (exact) mass is 449 g/mol. The summed E-state index contributed by atoms with van der Waals surface area (Å²) in [5.74, 6) is -2.33. The predicted octanol–water partition coefficient (Wildman–Crippen LogP) is 4.57. The number of hydrogen-bond donors (Lipinski definition) is 1. The summed E-state index contributed by atoms with van der Waals surface area (Å²) < 4.78 is 46.2. The Bertz CT molecular complexity index is 898. The molecule has 9 heteroatoms. The van der Waals surface area contributed by atoms with E-state index in [9.17, 15) is 22.8 Å². The molecule has 2 amide bonds. The summed E-state index contributed by atoms with van der Waals surface area (Å²) in [6.45, 7) is 2.16. The van der Waals surface area contributed by atoms with E-state index in [1.807, 2.05) is 0 Å². The van der Waals surface area contributed by atoms with E-state index in [1.165, 1.54) is 48.8 Å². The molecule has 1 aliphatic rings. The first-order valence-corrected chi connectivity index (χ1v) is 10.6. The Morgan fingerprint density at radius 3 is 2.28 bits per heavy atom. The third-order valence-electron chi connectivity index (χ3n) is 5.37. The van der Waals surface area contributed by atoms with Crippen molar-refractivity contribution in [1.82, 2.24) is 10.3 Å². The van der Waals surface area contributed by atoms with E-state index in [1.54, 1.807) is 6.92 Å². The highest BCUT2D eigenvalue weighted by Crippen LogP contribution is 2.34. The molecule has 1 heterocycles. The summed E-state index contributed by atoms with van der Waals surface area (Å²) in [4.78, 5) is 30.3. The summed E-state index contributed by atoms with van der Waals surface area (Å²) in [5.41, 5.74) is 0.177. The largest absolute Gasteiger partial charge is 0.494 e. The van der Waals surface area contributed by atoms with Crippen LogP contribution in [-0.4, -0.2) is 35.6 Å². The third kappa shape index (κ3) is 5.77. The Kier molecular flexibility index (Phi) is 7.71. The molecule has 1 unspecified atom stereocenters. The number of carbonyl (C=O) groups is 2. The fraction of sp³-hybridized carbons (Fsp3) is 0.435. The standard InChI is InChI=1S/C23H26F3N3O3/c1-2-32-19-10-8-18(9-11-19)29(22(31)23(24,25)26)20(16-12-14-27-15-13-16)21(30)28-17-6-4-3-5-7-17/h8-15,17,20H,2-7H2,1H3,(H,28,30). The summed E-state index contributed by atoms with van der Waals surface area (Å²) in [5, 5.41) is 2.86. The lowest BCUT2D eigenvalue weighted by Crippen LogP contribution is -2.50. The minimum Gasteiger partial charge on any atom is -0.494 e. The van der Waals surface area contributed by atoms with E-state index in [-0.39, 0.29) is 17.3 Å². The molecule has 0 radical (unpaired) electrons. The van der Waals surface area contributed by atoms with E-state index in [4.69, 9.17) is 4.74 Å². The SMILES string of the molecule is CCOc1ccc(N(C(=O)C(F)(F)F)C(C(=O)NC2CCCCC2)c2ccncc2)cc1. The molecular weight excluding hydrogens is 423 g/mol. The van der Waals surface area contributed by atoms with Gasteiger partial charge in [0, 0.05) is 24.1 Å². The molecule has 1 N–H and O–H groups in total. The van der Waals surface area contributed by atoms with Crippen LogP contribution in [0.15, 0.2) is 48.8 Å². The Morgan fingerprint density at radius 2 is 1.72 bits per heavy atom. The van der Waals surface area contributed by atoms with Gasteiger partial charge in [0.2, 0.25) is 5.91 Å². The van der Waals surface area contributed by atoms with Crippen molar-refractivity contribution >= 4 is 17.5 Å². The fourth-order valence-electron chi connectivity index (χ4n) is 3.88. The second kappa shape index (κ2) is 10.5. The van der Waals surface area contributed by atoms with E-state index in [0.29, 0.717) is 17.3 Å². The van der Waals surface area contributed by atoms with Gasteiger partial charge in [-0.3, -0.25) is 19.5 Å². The van der Waals surface area contributed by atoms with Crippen LogP contribution in [0.1, 0.15) is 50.6 Å². The molecule has 1 fully saturated rings. The zero-order chi connectivity index (χ0) is 23.1. The smallest absolute Gasteiger partial charge is 0.471 e. The highest BCUT2D eigenvalue weighted by atomic mass is 19.4. The highest BCUT2D eigenvalue weighted by molar-refractivity contribution is 6.03. The van der Waals surface area contributed by atoms with Crippen LogP contribution in [0.3, 0.4) is 0 Å². The molecule has 1 aromatic heterocycles. The number of nitrogens with one attached hydrogen (secondary N) is 1. The second-order valence-electron chi connectivity index (χ2n) is 7.63. The number of pyridine rings is 1. The summed E-state index contributed by atoms with van der Waals surface area (Å²) in [7, 11) is 0. The van der Waals surface area contributed by atoms with Crippen LogP contribution in [0.5, 0.6) is 5.75 Å². The maximum Gasteiger partial charge on any atom is 0.471 e. The number of halogens is 3. The van der Waals surface area contributed by atoms with Crippen LogP contribution in [0, 0.1) is 0 Å². The minimum atomic E-state index is -5.17. The first kappa shape index (κ1) is 23.6. The normalized spacial score (nSPS) is 15.6. The van der Waals surface area contributed by atoms with Gasteiger partial charge in [-0.1, -0.05) is 19.3 Å². The predicted molar refractivity (Wildman–Crippen MR) is 113 cm³/mol. The number of ether oxygens (including phenoxy) is 1. The van der Waals surface area contributed by atoms with Crippen molar-refractivity contribution in [2.24, 2.45) is 0 Å². The Morgan fingerprint density at radius 1 is 1.09 bits per heavy atom. The lowest BCUT2D eigenvalue weighted by atomic mass is 9.94. The Balaban J connectivity index is 2.03. The molecule has 0 spiro atoms. The summed E-state index contributed by atoms with van der Waals surface area (Å²) in [6, 6.07) is 6.87. The number of amides is 2. The highest BCUT2D eigenvalue weighted by Gasteiger charge is 2.47. The summed E-state index contributed by atoms with van der Waals surface area (Å²) in [6.07, 6.45) is 2.04. The number of benzene rings is 1. The molecule has 6 nitrogen and oxygen atoms in total. The van der Waals surface area contributed by atoms with Crippen LogP contribution >= 0.6 is 0 Å². The molecule has 32 heavy (non-hydrogen) atoms. The van der Waals surface area contributed by atoms with Gasteiger partial charge in [0.25, 0.3) is 0 Å². The number of carbonyl (C=O) groups excluding carboxylic acids is 2. The molecule has 1 saturated carbocycles. The van der Waals surface area contributed by atoms with E-state index < -0.39 is 24.0 Å². The third-order valence-corrected chi connectivity index (χ3v) is 5.37. The molecule has 0 aliphatic heterocycles. The van der Waals surface area contributed by atoms with Gasteiger partial charge in [-0.25, -0.2) is 0 Å². The molecule has 2 aromatic rings. The van der Waals surface area contributed by atoms with Crippen molar-refractivity contribution in [2.75, 3.05) is 11.5 Å². The van der Waals surface area contributed by atoms with Crippen LogP contribution in [0.4, 0.5) is 18.9 Å². The molecule has 1 aliphatic carbocycles. The van der Waals surface area contributed by atoms with Crippen molar-refractivity contribution in [1.29, 1.82) is 0 Å². The fourth-order valence-corrected chi connectivity index (χ4v) is 3.88. The topological polar surface area (TPSA) is 71.5 Å². The van der Waals surface area contributed by atoms with Crippen molar-refractivity contribution in [2.45, 2.75) is 57.3 Å². The number of alkyl halides is 3. The number of aromatic nitrogens is 1. The number of anilines is 1. The van der Waals surface area contributed by atoms with Gasteiger partial charge in [0.15, 0.2) is 0 Å². The van der Waals surface area contributed by atoms with Crippen molar-refractivity contribution in [3.8, 4) is 5.75 Å². The summed E-state index contributed by atoms with van der Waals surface area (Å²) >= 11 is 0. The van der Waals surface area contributed by atoms with Gasteiger partial charge in [-0.2, -0.15) is 13.2 Å². The van der Waals surface area contributed by atoms with Crippen LogP contribution < -0.4 is 15.0 Å². The molecule has 172 valence electrons. The Hall–Kier alpha value is -3.10. The van der Waals surface area contributed by atoms with Gasteiger partial charge < -0.3 is 10.1 Å². The first-order chi connectivity index (χ1) is 15.3. The zero-order valence-electron chi connectivity index (χ0n) is 17.8. The number of nitrogens with zero attached hydrogens (tertiary/aromatic N) is 2. The molecule has 1 aromatic carbocycles. The maximum atomic E-state index is 13.6. The molecule has 3 rings (SSSR count). The lowest BCUT2D eigenvalue weighted by molar-refractivity contribution is -0.171. The lowest BCUT2D eigenvalue weighted by Gasteiger charge is -2.33. The minimum absolute atomic E-state index is 0.0589. The first-order valence-electron chi connectivity index (χ1n) is 10.6. The molecule has 1 atom stereocenters. The number of hydrogen-bond acceptors (Lipinski definition) is 4. The van der Waals surface area contributed by atoms with E-state index in [2.05, 4.69) is 10.3 Å².